The van der Waals surface area contributed by atoms with Crippen molar-refractivity contribution in [2.75, 3.05) is 20.1 Å². The lowest BCUT2D eigenvalue weighted by Crippen LogP contribution is -2.39. The summed E-state index contributed by atoms with van der Waals surface area (Å²) in [7, 11) is 2.05. The van der Waals surface area contributed by atoms with E-state index >= 15 is 0 Å². The number of nitrogens with zero attached hydrogens (tertiary/aromatic N) is 7. The molecule has 0 atom stereocenters. The topological polar surface area (TPSA) is 64.1 Å². The smallest absolute Gasteiger partial charge is 0.332 e. The van der Waals surface area contributed by atoms with Gasteiger partial charge < -0.3 is 4.57 Å². The van der Waals surface area contributed by atoms with Gasteiger partial charge in [0.15, 0.2) is 0 Å². The Labute approximate surface area is 122 Å². The van der Waals surface area contributed by atoms with Crippen LogP contribution in [0.5, 0.6) is 0 Å². The maximum Gasteiger partial charge on any atom is 0.347 e. The SMILES string of the molecule is CN1CCn2c(nn(CN3CCn4cncc4C3)c2=O)C1. The van der Waals surface area contributed by atoms with Crippen molar-refractivity contribution in [2.24, 2.45) is 0 Å². The second-order valence-corrected chi connectivity index (χ2v) is 5.86. The van der Waals surface area contributed by atoms with E-state index in [1.54, 1.807) is 9.25 Å². The fraction of sp³-hybridized carbons (Fsp3) is 0.615. The van der Waals surface area contributed by atoms with Crippen molar-refractivity contribution in [2.45, 2.75) is 32.8 Å². The molecule has 2 aliphatic rings. The van der Waals surface area contributed by atoms with Crippen LogP contribution in [-0.4, -0.2) is 53.8 Å². The summed E-state index contributed by atoms with van der Waals surface area (Å²) in [6, 6.07) is 0. The molecular weight excluding hydrogens is 270 g/mol. The summed E-state index contributed by atoms with van der Waals surface area (Å²) in [6.07, 6.45) is 3.76. The van der Waals surface area contributed by atoms with Gasteiger partial charge in [0.25, 0.3) is 0 Å². The third kappa shape index (κ3) is 2.20. The van der Waals surface area contributed by atoms with Gasteiger partial charge >= 0.3 is 5.69 Å². The van der Waals surface area contributed by atoms with Crippen molar-refractivity contribution in [3.05, 3.63) is 34.5 Å². The third-order valence-electron chi connectivity index (χ3n) is 4.29. The van der Waals surface area contributed by atoms with Crippen molar-refractivity contribution >= 4 is 0 Å². The Morgan fingerprint density at radius 1 is 1.19 bits per heavy atom. The predicted octanol–water partition coefficient (Wildman–Crippen LogP) is -0.840. The molecule has 0 saturated heterocycles. The van der Waals surface area contributed by atoms with Crippen LogP contribution >= 0.6 is 0 Å². The lowest BCUT2D eigenvalue weighted by molar-refractivity contribution is 0.162. The molecule has 0 radical (unpaired) electrons. The molecule has 0 saturated carbocycles. The van der Waals surface area contributed by atoms with E-state index in [1.165, 1.54) is 5.69 Å². The molecule has 0 amide bonds. The molecule has 8 nitrogen and oxygen atoms in total. The molecule has 4 rings (SSSR count). The molecule has 0 aromatic carbocycles. The molecule has 8 heteroatoms. The van der Waals surface area contributed by atoms with E-state index in [0.29, 0.717) is 6.67 Å². The molecular formula is C13H19N7O. The van der Waals surface area contributed by atoms with Crippen LogP contribution in [0.25, 0.3) is 0 Å². The van der Waals surface area contributed by atoms with Crippen LogP contribution in [0, 0.1) is 0 Å². The van der Waals surface area contributed by atoms with E-state index in [2.05, 4.69) is 31.5 Å². The zero-order valence-electron chi connectivity index (χ0n) is 12.1. The minimum absolute atomic E-state index is 0.0113. The number of rotatable bonds is 2. The van der Waals surface area contributed by atoms with E-state index < -0.39 is 0 Å². The van der Waals surface area contributed by atoms with Gasteiger partial charge in [0.05, 0.1) is 25.2 Å². The zero-order valence-corrected chi connectivity index (χ0v) is 12.1. The second-order valence-electron chi connectivity index (χ2n) is 5.86. The van der Waals surface area contributed by atoms with E-state index in [0.717, 1.165) is 45.1 Å². The van der Waals surface area contributed by atoms with E-state index in [-0.39, 0.29) is 5.69 Å². The average molecular weight is 289 g/mol. The highest BCUT2D eigenvalue weighted by molar-refractivity contribution is 5.00. The Morgan fingerprint density at radius 3 is 3.00 bits per heavy atom. The Hall–Kier alpha value is -1.93. The van der Waals surface area contributed by atoms with Crippen LogP contribution in [0.1, 0.15) is 11.5 Å². The number of imidazole rings is 1. The molecule has 0 bridgehead atoms. The van der Waals surface area contributed by atoms with Crippen LogP contribution in [0.2, 0.25) is 0 Å². The first-order chi connectivity index (χ1) is 10.2. The molecule has 2 aromatic rings. The van der Waals surface area contributed by atoms with Crippen molar-refractivity contribution in [3.8, 4) is 0 Å². The van der Waals surface area contributed by atoms with E-state index in [1.807, 2.05) is 12.5 Å². The lowest BCUT2D eigenvalue weighted by Gasteiger charge is -2.27. The maximum atomic E-state index is 12.4. The predicted molar refractivity (Wildman–Crippen MR) is 75.5 cm³/mol. The normalized spacial score (nSPS) is 19.5. The molecule has 0 unspecified atom stereocenters. The number of likely N-dealkylation sites (N-methyl/N-ethyl adjacent to an activating group) is 1. The number of hydrogen-bond donors (Lipinski definition) is 0. The summed E-state index contributed by atoms with van der Waals surface area (Å²) < 4.78 is 5.56. The minimum Gasteiger partial charge on any atom is -0.332 e. The van der Waals surface area contributed by atoms with Gasteiger partial charge in [0, 0.05) is 38.9 Å². The number of aromatic nitrogens is 5. The van der Waals surface area contributed by atoms with Crippen LogP contribution in [0.15, 0.2) is 17.3 Å². The van der Waals surface area contributed by atoms with Crippen molar-refractivity contribution in [1.82, 2.24) is 33.7 Å². The first-order valence-corrected chi connectivity index (χ1v) is 7.27. The second kappa shape index (κ2) is 4.81. The first kappa shape index (κ1) is 12.8. The van der Waals surface area contributed by atoms with Gasteiger partial charge in [-0.05, 0) is 7.05 Å². The maximum absolute atomic E-state index is 12.4. The van der Waals surface area contributed by atoms with Crippen molar-refractivity contribution in [1.29, 1.82) is 0 Å². The summed E-state index contributed by atoms with van der Waals surface area (Å²) in [5, 5.41) is 4.50. The lowest BCUT2D eigenvalue weighted by atomic mass is 10.3. The summed E-state index contributed by atoms with van der Waals surface area (Å²) in [4.78, 5) is 21.0. The first-order valence-electron chi connectivity index (χ1n) is 7.27. The Morgan fingerprint density at radius 2 is 2.10 bits per heavy atom. The Kier molecular flexibility index (Phi) is 2.93. The average Bonchev–Trinajstić information content (AvgIpc) is 3.04. The highest BCUT2D eigenvalue weighted by atomic mass is 16.2. The minimum atomic E-state index is 0.0113. The van der Waals surface area contributed by atoms with Crippen LogP contribution in [0.4, 0.5) is 0 Å². The fourth-order valence-electron chi connectivity index (χ4n) is 3.06. The Bertz CT molecular complexity index is 712. The molecule has 0 fully saturated rings. The number of hydrogen-bond acceptors (Lipinski definition) is 5. The Balaban J connectivity index is 1.55. The van der Waals surface area contributed by atoms with Gasteiger partial charge in [-0.15, -0.1) is 0 Å². The van der Waals surface area contributed by atoms with E-state index in [9.17, 15) is 4.79 Å². The fourth-order valence-corrected chi connectivity index (χ4v) is 3.06. The molecule has 0 N–H and O–H groups in total. The van der Waals surface area contributed by atoms with Crippen molar-refractivity contribution < 1.29 is 0 Å². The standard InChI is InChI=1S/C13H19N7O/c1-16-2-5-19-12(8-16)15-20(13(19)21)10-17-3-4-18-9-14-6-11(18)7-17/h6,9H,2-5,7-8,10H2,1H3. The van der Waals surface area contributed by atoms with Gasteiger partial charge in [0.1, 0.15) is 5.82 Å². The van der Waals surface area contributed by atoms with Gasteiger partial charge in [0.2, 0.25) is 0 Å². The van der Waals surface area contributed by atoms with Gasteiger partial charge in [-0.2, -0.15) is 9.78 Å². The highest BCUT2D eigenvalue weighted by Gasteiger charge is 2.22. The van der Waals surface area contributed by atoms with Gasteiger partial charge in [-0.1, -0.05) is 0 Å². The largest absolute Gasteiger partial charge is 0.347 e. The highest BCUT2D eigenvalue weighted by Crippen LogP contribution is 2.12. The summed E-state index contributed by atoms with van der Waals surface area (Å²) in [5.41, 5.74) is 1.20. The quantitative estimate of drug-likeness (QED) is 0.721. The molecule has 21 heavy (non-hydrogen) atoms. The summed E-state index contributed by atoms with van der Waals surface area (Å²) in [6.45, 7) is 5.58. The van der Waals surface area contributed by atoms with Crippen LogP contribution < -0.4 is 5.69 Å². The van der Waals surface area contributed by atoms with Gasteiger partial charge in [-0.25, -0.2) is 9.78 Å². The zero-order chi connectivity index (χ0) is 14.4. The monoisotopic (exact) mass is 289 g/mol. The molecule has 4 heterocycles. The third-order valence-corrected chi connectivity index (χ3v) is 4.29. The molecule has 112 valence electrons. The molecule has 0 spiro atoms. The summed E-state index contributed by atoms with van der Waals surface area (Å²) in [5.74, 6) is 0.871. The molecule has 2 aromatic heterocycles. The van der Waals surface area contributed by atoms with Crippen molar-refractivity contribution in [3.63, 3.8) is 0 Å². The molecule has 0 aliphatic carbocycles. The van der Waals surface area contributed by atoms with Crippen LogP contribution in [-0.2, 0) is 32.8 Å². The van der Waals surface area contributed by atoms with Gasteiger partial charge in [-0.3, -0.25) is 14.4 Å². The van der Waals surface area contributed by atoms with E-state index in [4.69, 9.17) is 0 Å². The number of fused-ring (bicyclic) bond motifs is 2. The molecule has 2 aliphatic heterocycles. The summed E-state index contributed by atoms with van der Waals surface area (Å²) >= 11 is 0. The van der Waals surface area contributed by atoms with Crippen LogP contribution in [0.3, 0.4) is 0 Å².